The van der Waals surface area contributed by atoms with Gasteiger partial charge in [-0.3, -0.25) is 0 Å². The molecule has 0 amide bonds. The van der Waals surface area contributed by atoms with Crippen molar-refractivity contribution in [3.63, 3.8) is 0 Å². The van der Waals surface area contributed by atoms with Crippen LogP contribution in [0.2, 0.25) is 0 Å². The highest BCUT2D eigenvalue weighted by Gasteiger charge is 2.33. The molecule has 6 aromatic rings. The first-order chi connectivity index (χ1) is 17.2. The molecule has 3 aromatic heterocycles. The van der Waals surface area contributed by atoms with E-state index in [9.17, 15) is 0 Å². The molecule has 0 fully saturated rings. The summed E-state index contributed by atoms with van der Waals surface area (Å²) in [5.41, 5.74) is 19.9. The number of nitrogens with one attached hydrogen (secondary N) is 1. The van der Waals surface area contributed by atoms with Crippen molar-refractivity contribution in [1.82, 2.24) is 14.3 Å². The molecule has 3 aromatic carbocycles. The number of hydrogen-bond acceptors (Lipinski definition) is 4. The minimum Gasteiger partial charge on any atom is -0.385 e. The second-order valence-electron chi connectivity index (χ2n) is 8.58. The van der Waals surface area contributed by atoms with Crippen LogP contribution < -0.4 is 11.5 Å². The average molecular weight is 456 g/mol. The van der Waals surface area contributed by atoms with Crippen LogP contribution in [0.25, 0.3) is 21.8 Å². The number of benzene rings is 3. The predicted molar refractivity (Wildman–Crippen MR) is 142 cm³/mol. The van der Waals surface area contributed by atoms with Crippen LogP contribution in [0.15, 0.2) is 108 Å². The maximum atomic E-state index is 6.49. The second kappa shape index (κ2) is 7.23. The minimum absolute atomic E-state index is 0.465. The molecule has 7 rings (SSSR count). The molecule has 0 aliphatic heterocycles. The Labute approximate surface area is 200 Å². The van der Waals surface area contributed by atoms with Gasteiger partial charge in [0.05, 0.1) is 22.2 Å². The summed E-state index contributed by atoms with van der Waals surface area (Å²) < 4.78 is 3.77. The molecule has 35 heavy (non-hydrogen) atoms. The monoisotopic (exact) mass is 455 g/mol. The van der Waals surface area contributed by atoms with Crippen molar-refractivity contribution in [3.05, 3.63) is 120 Å². The van der Waals surface area contributed by atoms with Crippen LogP contribution in [-0.4, -0.2) is 25.8 Å². The van der Waals surface area contributed by atoms with Crippen molar-refractivity contribution < 1.29 is 0 Å². The van der Waals surface area contributed by atoms with Crippen molar-refractivity contribution in [1.29, 1.82) is 0 Å². The highest BCUT2D eigenvalue weighted by Crippen LogP contribution is 2.36. The molecule has 7 nitrogen and oxygen atoms in total. The number of H-pyrrole nitrogens is 1. The zero-order valence-corrected chi connectivity index (χ0v) is 18.7. The van der Waals surface area contributed by atoms with Gasteiger partial charge in [0.1, 0.15) is 23.1 Å². The minimum atomic E-state index is 0.465. The molecule has 168 valence electrons. The fraction of sp³-hybridized carbons (Fsp3) is 0. The zero-order chi connectivity index (χ0) is 23.5. The smallest absolute Gasteiger partial charge is 0.112 e. The Morgan fingerprint density at radius 2 is 0.971 bits per heavy atom. The topological polar surface area (TPSA) is 102 Å². The number of aromatic nitrogens is 3. The fourth-order valence-electron chi connectivity index (χ4n) is 4.93. The number of para-hydroxylation sites is 2. The highest BCUT2D eigenvalue weighted by molar-refractivity contribution is 6.34. The van der Waals surface area contributed by atoms with Gasteiger partial charge in [-0.2, -0.15) is 10.2 Å². The SMILES string of the molecule is Nc1[nH]c(N)c2c1C(=Nn1ccc3ccccc31)c1ccccc1C2=Nn1ccc2ccccc21. The first kappa shape index (κ1) is 19.4. The summed E-state index contributed by atoms with van der Waals surface area (Å²) >= 11 is 0. The van der Waals surface area contributed by atoms with Crippen molar-refractivity contribution in [2.75, 3.05) is 11.5 Å². The highest BCUT2D eigenvalue weighted by atomic mass is 15.4. The Morgan fingerprint density at radius 1 is 0.543 bits per heavy atom. The van der Waals surface area contributed by atoms with Gasteiger partial charge >= 0.3 is 0 Å². The Hall–Kier alpha value is -5.04. The molecule has 1 aliphatic rings. The van der Waals surface area contributed by atoms with E-state index in [1.54, 1.807) is 0 Å². The quantitative estimate of drug-likeness (QED) is 0.341. The first-order valence-corrected chi connectivity index (χ1v) is 11.4. The average Bonchev–Trinajstić information content (AvgIpc) is 3.57. The number of nitrogens with two attached hydrogens (primary N) is 2. The number of hydrogen-bond donors (Lipinski definition) is 3. The summed E-state index contributed by atoms with van der Waals surface area (Å²) in [6.45, 7) is 0. The summed E-state index contributed by atoms with van der Waals surface area (Å²) in [6, 6.07) is 28.5. The zero-order valence-electron chi connectivity index (χ0n) is 18.7. The van der Waals surface area contributed by atoms with Gasteiger partial charge in [-0.25, -0.2) is 9.35 Å². The Bertz CT molecular complexity index is 1700. The van der Waals surface area contributed by atoms with Crippen LogP contribution in [0.3, 0.4) is 0 Å². The number of rotatable bonds is 2. The molecule has 0 bridgehead atoms. The lowest BCUT2D eigenvalue weighted by atomic mass is 9.84. The third-order valence-electron chi connectivity index (χ3n) is 6.54. The fourth-order valence-corrected chi connectivity index (χ4v) is 4.93. The van der Waals surface area contributed by atoms with E-state index in [0.717, 1.165) is 55.5 Å². The van der Waals surface area contributed by atoms with Crippen LogP contribution in [0.1, 0.15) is 22.3 Å². The third kappa shape index (κ3) is 2.85. The number of aromatic amines is 1. The lowest BCUT2D eigenvalue weighted by Crippen LogP contribution is -2.24. The van der Waals surface area contributed by atoms with Crippen LogP contribution in [0.5, 0.6) is 0 Å². The van der Waals surface area contributed by atoms with Gasteiger partial charge in [0, 0.05) is 34.3 Å². The first-order valence-electron chi connectivity index (χ1n) is 11.4. The summed E-state index contributed by atoms with van der Waals surface area (Å²) in [7, 11) is 0. The lowest BCUT2D eigenvalue weighted by Gasteiger charge is -2.21. The van der Waals surface area contributed by atoms with E-state index in [1.807, 2.05) is 82.4 Å². The molecule has 3 heterocycles. The van der Waals surface area contributed by atoms with E-state index in [0.29, 0.717) is 11.6 Å². The van der Waals surface area contributed by atoms with Gasteiger partial charge in [-0.15, -0.1) is 0 Å². The van der Waals surface area contributed by atoms with Crippen molar-refractivity contribution in [2.24, 2.45) is 10.2 Å². The number of nitrogen functional groups attached to an aromatic ring is 2. The van der Waals surface area contributed by atoms with E-state index in [-0.39, 0.29) is 0 Å². The van der Waals surface area contributed by atoms with Crippen LogP contribution in [-0.2, 0) is 0 Å². The van der Waals surface area contributed by atoms with E-state index in [2.05, 4.69) is 29.2 Å². The molecule has 5 N–H and O–H groups in total. The van der Waals surface area contributed by atoms with E-state index >= 15 is 0 Å². The molecule has 1 aliphatic carbocycles. The summed E-state index contributed by atoms with van der Waals surface area (Å²) in [4.78, 5) is 3.12. The van der Waals surface area contributed by atoms with E-state index in [1.165, 1.54) is 0 Å². The van der Waals surface area contributed by atoms with Crippen molar-refractivity contribution in [3.8, 4) is 0 Å². The Morgan fingerprint density at radius 3 is 1.46 bits per heavy atom. The van der Waals surface area contributed by atoms with E-state index in [4.69, 9.17) is 21.7 Å². The molecule has 0 saturated carbocycles. The van der Waals surface area contributed by atoms with Gasteiger partial charge in [-0.1, -0.05) is 60.7 Å². The van der Waals surface area contributed by atoms with Crippen molar-refractivity contribution in [2.45, 2.75) is 0 Å². The Kier molecular flexibility index (Phi) is 4.01. The molecule has 0 spiro atoms. The maximum absolute atomic E-state index is 6.49. The lowest BCUT2D eigenvalue weighted by molar-refractivity contribution is 0.920. The van der Waals surface area contributed by atoms with Gasteiger partial charge in [0.2, 0.25) is 0 Å². The summed E-state index contributed by atoms with van der Waals surface area (Å²) in [6.07, 6.45) is 3.92. The largest absolute Gasteiger partial charge is 0.385 e. The van der Waals surface area contributed by atoms with Crippen LogP contribution in [0.4, 0.5) is 11.6 Å². The molecular formula is C28H21N7. The second-order valence-corrected chi connectivity index (χ2v) is 8.58. The molecule has 0 unspecified atom stereocenters. The number of fused-ring (bicyclic) bond motifs is 4. The van der Waals surface area contributed by atoms with Gasteiger partial charge < -0.3 is 16.5 Å². The maximum Gasteiger partial charge on any atom is 0.112 e. The summed E-state index contributed by atoms with van der Waals surface area (Å²) in [5, 5.41) is 12.4. The van der Waals surface area contributed by atoms with Crippen molar-refractivity contribution >= 4 is 44.9 Å². The molecular weight excluding hydrogens is 434 g/mol. The van der Waals surface area contributed by atoms with Crippen LogP contribution in [0, 0.1) is 0 Å². The van der Waals surface area contributed by atoms with Gasteiger partial charge in [-0.05, 0) is 24.3 Å². The predicted octanol–water partition coefficient (Wildman–Crippen LogP) is 5.00. The number of anilines is 2. The third-order valence-corrected chi connectivity index (χ3v) is 6.54. The molecule has 0 atom stereocenters. The standard InChI is InChI=1S/C28H21N7/c29-27-23-24(28(30)31-27)26(33-35-16-14-18-8-2-6-12-22(18)35)20-10-4-3-9-19(20)25(23)32-34-15-13-17-7-1-5-11-21(17)34/h1-16,31H,29-30H2. The Balaban J connectivity index is 1.52. The summed E-state index contributed by atoms with van der Waals surface area (Å²) in [5.74, 6) is 0.930. The van der Waals surface area contributed by atoms with Gasteiger partial charge in [0.25, 0.3) is 0 Å². The van der Waals surface area contributed by atoms with Crippen LogP contribution >= 0.6 is 0 Å². The van der Waals surface area contributed by atoms with E-state index < -0.39 is 0 Å². The van der Waals surface area contributed by atoms with Gasteiger partial charge in [0.15, 0.2) is 0 Å². The molecule has 0 saturated heterocycles. The normalized spacial score (nSPS) is 15.2. The molecule has 7 heteroatoms. The number of nitrogens with zero attached hydrogens (tertiary/aromatic N) is 4. The molecule has 0 radical (unpaired) electrons.